The number of amides is 1. The van der Waals surface area contributed by atoms with E-state index < -0.39 is 12.1 Å². The van der Waals surface area contributed by atoms with Crippen LogP contribution in [0, 0.1) is 0 Å². The second-order valence-corrected chi connectivity index (χ2v) is 18.9. The van der Waals surface area contributed by atoms with E-state index in [1.807, 2.05) is 0 Å². The Labute approximate surface area is 380 Å². The van der Waals surface area contributed by atoms with Crippen molar-refractivity contribution in [2.24, 2.45) is 0 Å². The summed E-state index contributed by atoms with van der Waals surface area (Å²) in [5, 5.41) is 23.2. The Kier molecular flexibility index (Phi) is 50.1. The molecule has 6 nitrogen and oxygen atoms in total. The molecule has 0 bridgehead atoms. The predicted octanol–water partition coefficient (Wildman–Crippen LogP) is 16.5. The Morgan fingerprint density at radius 2 is 0.770 bits per heavy atom. The number of carbonyl (C=O) groups excluding carboxylic acids is 2. The molecular weight excluding hydrogens is 755 g/mol. The Balaban J connectivity index is 3.49. The molecule has 362 valence electrons. The number of hydrogen-bond acceptors (Lipinski definition) is 5. The van der Waals surface area contributed by atoms with E-state index in [1.165, 1.54) is 193 Å². The van der Waals surface area contributed by atoms with Crippen molar-refractivity contribution < 1.29 is 24.5 Å². The molecule has 0 spiro atoms. The number of ether oxygens (including phenoxy) is 1. The molecule has 6 heteroatoms. The largest absolute Gasteiger partial charge is 0.466 e. The number of esters is 1. The minimum Gasteiger partial charge on any atom is -0.466 e. The lowest BCUT2D eigenvalue weighted by Gasteiger charge is -2.22. The monoisotopic (exact) mass is 862 g/mol. The summed E-state index contributed by atoms with van der Waals surface area (Å²) in [6.07, 6.45) is 59.1. The maximum absolute atomic E-state index is 12.5. The van der Waals surface area contributed by atoms with E-state index in [4.69, 9.17) is 4.74 Å². The van der Waals surface area contributed by atoms with Gasteiger partial charge in [-0.15, -0.1) is 0 Å². The van der Waals surface area contributed by atoms with Crippen molar-refractivity contribution in [3.8, 4) is 0 Å². The highest BCUT2D eigenvalue weighted by molar-refractivity contribution is 5.76. The Morgan fingerprint density at radius 1 is 0.443 bits per heavy atom. The third kappa shape index (κ3) is 47.9. The van der Waals surface area contributed by atoms with Gasteiger partial charge in [0.25, 0.3) is 0 Å². The van der Waals surface area contributed by atoms with Gasteiger partial charge in [0.2, 0.25) is 5.91 Å². The summed E-state index contributed by atoms with van der Waals surface area (Å²) >= 11 is 0. The van der Waals surface area contributed by atoms with E-state index in [0.717, 1.165) is 77.0 Å². The van der Waals surface area contributed by atoms with E-state index >= 15 is 0 Å². The zero-order chi connectivity index (χ0) is 44.4. The van der Waals surface area contributed by atoms with Crippen LogP contribution in [0.5, 0.6) is 0 Å². The van der Waals surface area contributed by atoms with Crippen LogP contribution in [0.3, 0.4) is 0 Å². The number of unbranched alkanes of at least 4 members (excludes halogenated alkanes) is 38. The number of aliphatic hydroxyl groups is 2. The van der Waals surface area contributed by atoms with Gasteiger partial charge in [-0.3, -0.25) is 9.59 Å². The molecule has 2 unspecified atom stereocenters. The highest BCUT2D eigenvalue weighted by Gasteiger charge is 2.20. The molecular formula is C55H107NO5. The van der Waals surface area contributed by atoms with Gasteiger partial charge >= 0.3 is 5.97 Å². The van der Waals surface area contributed by atoms with Crippen molar-refractivity contribution in [1.29, 1.82) is 0 Å². The van der Waals surface area contributed by atoms with Crippen LogP contribution in [-0.4, -0.2) is 47.4 Å². The van der Waals surface area contributed by atoms with Crippen LogP contribution in [0.1, 0.15) is 303 Å². The lowest BCUT2D eigenvalue weighted by Crippen LogP contribution is -2.45. The number of hydrogen-bond donors (Lipinski definition) is 3. The number of rotatable bonds is 51. The van der Waals surface area contributed by atoms with E-state index in [-0.39, 0.29) is 18.5 Å². The van der Waals surface area contributed by atoms with Crippen molar-refractivity contribution in [1.82, 2.24) is 5.32 Å². The highest BCUT2D eigenvalue weighted by atomic mass is 16.5. The Morgan fingerprint density at radius 3 is 1.16 bits per heavy atom. The van der Waals surface area contributed by atoms with Crippen LogP contribution in [0.25, 0.3) is 0 Å². The normalized spacial score (nSPS) is 12.7. The molecule has 0 heterocycles. The van der Waals surface area contributed by atoms with E-state index in [2.05, 4.69) is 31.3 Å². The van der Waals surface area contributed by atoms with Gasteiger partial charge in [0.05, 0.1) is 25.4 Å². The average Bonchev–Trinajstić information content (AvgIpc) is 3.26. The third-order valence-electron chi connectivity index (χ3n) is 12.8. The first-order chi connectivity index (χ1) is 30.0. The molecule has 0 radical (unpaired) electrons. The van der Waals surface area contributed by atoms with Crippen LogP contribution in [0.4, 0.5) is 0 Å². The standard InChI is InChI=1S/C55H107NO5/c1-3-5-7-9-11-13-15-17-19-21-22-24-26-28-33-37-41-45-49-55(60)61-50-46-42-38-34-30-29-32-36-40-44-48-54(59)56-52(51-57)53(58)47-43-39-35-31-27-25-23-20-18-16-14-12-10-8-6-4-2/h30,34,52-53,57-58H,3-29,31-33,35-51H2,1-2H3,(H,56,59)/b34-30-. The van der Waals surface area contributed by atoms with Gasteiger partial charge in [-0.2, -0.15) is 0 Å². The smallest absolute Gasteiger partial charge is 0.305 e. The lowest BCUT2D eigenvalue weighted by molar-refractivity contribution is -0.143. The van der Waals surface area contributed by atoms with Gasteiger partial charge in [0.15, 0.2) is 0 Å². The molecule has 0 aromatic carbocycles. The number of aliphatic hydroxyl groups excluding tert-OH is 2. The first-order valence-corrected chi connectivity index (χ1v) is 27.4. The average molecular weight is 862 g/mol. The minimum absolute atomic E-state index is 0.0314. The van der Waals surface area contributed by atoms with Crippen LogP contribution >= 0.6 is 0 Å². The van der Waals surface area contributed by atoms with Gasteiger partial charge in [-0.05, 0) is 51.4 Å². The van der Waals surface area contributed by atoms with Crippen LogP contribution in [0.2, 0.25) is 0 Å². The molecule has 1 amide bonds. The van der Waals surface area contributed by atoms with Crippen molar-refractivity contribution >= 4 is 11.9 Å². The summed E-state index contributed by atoms with van der Waals surface area (Å²) < 4.78 is 5.45. The Bertz CT molecular complexity index is 909. The number of nitrogens with one attached hydrogen (secondary N) is 1. The number of carbonyl (C=O) groups is 2. The second-order valence-electron chi connectivity index (χ2n) is 18.9. The molecule has 0 aromatic rings. The molecule has 0 aromatic heterocycles. The van der Waals surface area contributed by atoms with E-state index in [9.17, 15) is 19.8 Å². The molecule has 0 saturated carbocycles. The number of allylic oxidation sites excluding steroid dienone is 2. The zero-order valence-corrected chi connectivity index (χ0v) is 41.2. The molecule has 0 aliphatic heterocycles. The summed E-state index contributed by atoms with van der Waals surface area (Å²) in [5.74, 6) is -0.0997. The fraction of sp³-hybridized carbons (Fsp3) is 0.927. The second kappa shape index (κ2) is 51.2. The van der Waals surface area contributed by atoms with Crippen molar-refractivity contribution in [2.45, 2.75) is 315 Å². The fourth-order valence-corrected chi connectivity index (χ4v) is 8.58. The summed E-state index contributed by atoms with van der Waals surface area (Å²) in [7, 11) is 0. The zero-order valence-electron chi connectivity index (χ0n) is 41.2. The molecule has 0 fully saturated rings. The van der Waals surface area contributed by atoms with Crippen LogP contribution in [0.15, 0.2) is 12.2 Å². The highest BCUT2D eigenvalue weighted by Crippen LogP contribution is 2.17. The maximum atomic E-state index is 12.5. The molecule has 0 aliphatic carbocycles. The van der Waals surface area contributed by atoms with Crippen molar-refractivity contribution in [3.63, 3.8) is 0 Å². The van der Waals surface area contributed by atoms with Gasteiger partial charge in [0, 0.05) is 12.8 Å². The Hall–Kier alpha value is -1.40. The van der Waals surface area contributed by atoms with Gasteiger partial charge in [-0.1, -0.05) is 251 Å². The topological polar surface area (TPSA) is 95.9 Å². The third-order valence-corrected chi connectivity index (χ3v) is 12.8. The molecule has 0 aliphatic rings. The quantitative estimate of drug-likeness (QED) is 0.0322. The SMILES string of the molecule is CCCCCCCCCCCCCCCCCCCCC(=O)OCCCC/C=C\CCCCCCC(=O)NC(CO)C(O)CCCCCCCCCCCCCCCCCC. The molecule has 3 N–H and O–H groups in total. The van der Waals surface area contributed by atoms with E-state index in [1.54, 1.807) is 0 Å². The molecule has 0 saturated heterocycles. The maximum Gasteiger partial charge on any atom is 0.305 e. The van der Waals surface area contributed by atoms with E-state index in [0.29, 0.717) is 25.9 Å². The first kappa shape index (κ1) is 59.6. The van der Waals surface area contributed by atoms with Gasteiger partial charge < -0.3 is 20.3 Å². The van der Waals surface area contributed by atoms with Crippen LogP contribution < -0.4 is 5.32 Å². The lowest BCUT2D eigenvalue weighted by atomic mass is 10.0. The van der Waals surface area contributed by atoms with Crippen LogP contribution in [-0.2, 0) is 14.3 Å². The summed E-state index contributed by atoms with van der Waals surface area (Å²) in [6, 6.07) is -0.565. The van der Waals surface area contributed by atoms with Gasteiger partial charge in [-0.25, -0.2) is 0 Å². The molecule has 2 atom stereocenters. The molecule has 0 rings (SSSR count). The summed E-state index contributed by atoms with van der Waals surface area (Å²) in [6.45, 7) is 4.89. The predicted molar refractivity (Wildman–Crippen MR) is 264 cm³/mol. The van der Waals surface area contributed by atoms with Gasteiger partial charge in [0.1, 0.15) is 0 Å². The first-order valence-electron chi connectivity index (χ1n) is 27.4. The fourth-order valence-electron chi connectivity index (χ4n) is 8.58. The van der Waals surface area contributed by atoms with Crippen molar-refractivity contribution in [2.75, 3.05) is 13.2 Å². The summed E-state index contributed by atoms with van der Waals surface area (Å²) in [4.78, 5) is 24.5. The minimum atomic E-state index is -0.685. The summed E-state index contributed by atoms with van der Waals surface area (Å²) in [5.41, 5.74) is 0. The molecule has 61 heavy (non-hydrogen) atoms. The van der Waals surface area contributed by atoms with Crippen molar-refractivity contribution in [3.05, 3.63) is 12.2 Å².